The highest BCUT2D eigenvalue weighted by atomic mass is 15.1. The van der Waals surface area contributed by atoms with E-state index in [2.05, 4.69) is 24.8 Å². The Labute approximate surface area is 101 Å². The maximum absolute atomic E-state index is 8.84. The lowest BCUT2D eigenvalue weighted by atomic mass is 10.0. The summed E-state index contributed by atoms with van der Waals surface area (Å²) in [7, 11) is 0. The summed E-state index contributed by atoms with van der Waals surface area (Å²) < 4.78 is 0. The van der Waals surface area contributed by atoms with Gasteiger partial charge in [-0.2, -0.15) is 5.26 Å². The number of rotatable bonds is 9. The number of nitriles is 1. The first-order chi connectivity index (χ1) is 7.76. The van der Waals surface area contributed by atoms with Gasteiger partial charge >= 0.3 is 0 Å². The highest BCUT2D eigenvalue weighted by Gasteiger charge is 2.43. The van der Waals surface area contributed by atoms with Crippen LogP contribution in [0.1, 0.15) is 58.8 Å². The third-order valence-corrected chi connectivity index (χ3v) is 3.63. The molecular formula is C14H26N2. The van der Waals surface area contributed by atoms with Crippen molar-refractivity contribution in [3.63, 3.8) is 0 Å². The zero-order valence-electron chi connectivity index (χ0n) is 11.0. The fourth-order valence-electron chi connectivity index (χ4n) is 2.24. The molecule has 0 atom stereocenters. The summed E-state index contributed by atoms with van der Waals surface area (Å²) >= 11 is 0. The van der Waals surface area contributed by atoms with Gasteiger partial charge in [-0.05, 0) is 44.2 Å². The average molecular weight is 222 g/mol. The zero-order chi connectivity index (χ0) is 11.9. The van der Waals surface area contributed by atoms with Crippen molar-refractivity contribution in [3.8, 4) is 6.07 Å². The van der Waals surface area contributed by atoms with E-state index in [1.54, 1.807) is 0 Å². The van der Waals surface area contributed by atoms with E-state index in [9.17, 15) is 0 Å². The van der Waals surface area contributed by atoms with Crippen molar-refractivity contribution in [3.05, 3.63) is 0 Å². The van der Waals surface area contributed by atoms with E-state index in [-0.39, 0.29) is 0 Å². The van der Waals surface area contributed by atoms with Crippen molar-refractivity contribution in [2.24, 2.45) is 5.41 Å². The Morgan fingerprint density at radius 1 is 1.12 bits per heavy atom. The van der Waals surface area contributed by atoms with E-state index >= 15 is 0 Å². The van der Waals surface area contributed by atoms with Crippen molar-refractivity contribution in [2.45, 2.75) is 58.8 Å². The van der Waals surface area contributed by atoms with Gasteiger partial charge in [0.1, 0.15) is 0 Å². The molecule has 1 aliphatic rings. The van der Waals surface area contributed by atoms with Crippen molar-refractivity contribution in [1.29, 1.82) is 5.26 Å². The molecule has 0 spiro atoms. The number of hydrogen-bond acceptors (Lipinski definition) is 2. The van der Waals surface area contributed by atoms with Gasteiger partial charge in [-0.25, -0.2) is 0 Å². The SMILES string of the molecule is CCCCN(CCCC)CC1(CC#N)CC1. The van der Waals surface area contributed by atoms with E-state index in [4.69, 9.17) is 5.26 Å². The Balaban J connectivity index is 2.33. The van der Waals surface area contributed by atoms with Crippen LogP contribution in [-0.2, 0) is 0 Å². The normalized spacial score (nSPS) is 17.4. The molecule has 1 aliphatic carbocycles. The van der Waals surface area contributed by atoms with Crippen LogP contribution in [0.15, 0.2) is 0 Å². The fraction of sp³-hybridized carbons (Fsp3) is 0.929. The second-order valence-corrected chi connectivity index (χ2v) is 5.32. The topological polar surface area (TPSA) is 27.0 Å². The first-order valence-corrected chi connectivity index (χ1v) is 6.85. The molecule has 2 heteroatoms. The number of unbranched alkanes of at least 4 members (excludes halogenated alkanes) is 2. The predicted octanol–water partition coefficient (Wildman–Crippen LogP) is 3.58. The summed E-state index contributed by atoms with van der Waals surface area (Å²) in [6, 6.07) is 2.36. The van der Waals surface area contributed by atoms with Gasteiger partial charge in [0, 0.05) is 13.0 Å². The molecule has 0 aromatic carbocycles. The molecule has 0 heterocycles. The summed E-state index contributed by atoms with van der Waals surface area (Å²) in [6.45, 7) is 8.12. The summed E-state index contributed by atoms with van der Waals surface area (Å²) in [6.07, 6.45) is 8.45. The smallest absolute Gasteiger partial charge is 0.0628 e. The highest BCUT2D eigenvalue weighted by molar-refractivity contribution is 5.01. The minimum Gasteiger partial charge on any atom is -0.303 e. The van der Waals surface area contributed by atoms with Crippen LogP contribution in [0.25, 0.3) is 0 Å². The lowest BCUT2D eigenvalue weighted by Crippen LogP contribution is -2.32. The maximum Gasteiger partial charge on any atom is 0.0628 e. The Morgan fingerprint density at radius 3 is 2.06 bits per heavy atom. The van der Waals surface area contributed by atoms with E-state index < -0.39 is 0 Å². The van der Waals surface area contributed by atoms with Gasteiger partial charge in [-0.1, -0.05) is 26.7 Å². The molecule has 0 aromatic rings. The van der Waals surface area contributed by atoms with Gasteiger partial charge in [-0.3, -0.25) is 0 Å². The Morgan fingerprint density at radius 2 is 1.69 bits per heavy atom. The molecule has 16 heavy (non-hydrogen) atoms. The van der Waals surface area contributed by atoms with Gasteiger partial charge < -0.3 is 4.90 Å². The molecule has 0 aliphatic heterocycles. The average Bonchev–Trinajstić information content (AvgIpc) is 3.03. The maximum atomic E-state index is 8.84. The second-order valence-electron chi connectivity index (χ2n) is 5.32. The van der Waals surface area contributed by atoms with Crippen LogP contribution in [0.3, 0.4) is 0 Å². The molecule has 1 saturated carbocycles. The predicted molar refractivity (Wildman–Crippen MR) is 68.2 cm³/mol. The molecule has 0 saturated heterocycles. The standard InChI is InChI=1S/C14H26N2/c1-3-5-11-16(12-6-4-2)13-14(7-8-14)9-10-15/h3-9,11-13H2,1-2H3. The Bertz CT molecular complexity index is 217. The Kier molecular flexibility index (Phi) is 5.84. The second kappa shape index (κ2) is 6.91. The van der Waals surface area contributed by atoms with Crippen LogP contribution in [0.5, 0.6) is 0 Å². The van der Waals surface area contributed by atoms with E-state index in [0.29, 0.717) is 5.41 Å². The third-order valence-electron chi connectivity index (χ3n) is 3.63. The van der Waals surface area contributed by atoms with Crippen molar-refractivity contribution >= 4 is 0 Å². The first kappa shape index (κ1) is 13.5. The molecule has 1 fully saturated rings. The minimum absolute atomic E-state index is 0.385. The summed E-state index contributed by atoms with van der Waals surface area (Å²) in [5, 5.41) is 8.84. The molecule has 1 rings (SSSR count). The van der Waals surface area contributed by atoms with Gasteiger partial charge in [0.2, 0.25) is 0 Å². The molecule has 0 unspecified atom stereocenters. The fourth-order valence-corrected chi connectivity index (χ4v) is 2.24. The molecule has 0 bridgehead atoms. The Hall–Kier alpha value is -0.550. The largest absolute Gasteiger partial charge is 0.303 e. The van der Waals surface area contributed by atoms with Gasteiger partial charge in [0.15, 0.2) is 0 Å². The van der Waals surface area contributed by atoms with E-state index in [1.165, 1.54) is 58.2 Å². The molecule has 0 radical (unpaired) electrons. The summed E-state index contributed by atoms with van der Waals surface area (Å²) in [5.41, 5.74) is 0.385. The van der Waals surface area contributed by atoms with Crippen LogP contribution < -0.4 is 0 Å². The lowest BCUT2D eigenvalue weighted by Gasteiger charge is -2.26. The summed E-state index contributed by atoms with van der Waals surface area (Å²) in [4.78, 5) is 2.59. The highest BCUT2D eigenvalue weighted by Crippen LogP contribution is 2.49. The van der Waals surface area contributed by atoms with E-state index in [1.807, 2.05) is 0 Å². The molecule has 0 amide bonds. The van der Waals surface area contributed by atoms with E-state index in [0.717, 1.165) is 6.42 Å². The van der Waals surface area contributed by atoms with Crippen LogP contribution in [0.2, 0.25) is 0 Å². The van der Waals surface area contributed by atoms with Crippen molar-refractivity contribution in [1.82, 2.24) is 4.90 Å². The van der Waals surface area contributed by atoms with Crippen LogP contribution in [0, 0.1) is 16.7 Å². The minimum atomic E-state index is 0.385. The number of hydrogen-bond donors (Lipinski definition) is 0. The van der Waals surface area contributed by atoms with Gasteiger partial charge in [-0.15, -0.1) is 0 Å². The summed E-state index contributed by atoms with van der Waals surface area (Å²) in [5.74, 6) is 0. The first-order valence-electron chi connectivity index (χ1n) is 6.85. The molecule has 92 valence electrons. The molecular weight excluding hydrogens is 196 g/mol. The monoisotopic (exact) mass is 222 g/mol. The van der Waals surface area contributed by atoms with Gasteiger partial charge in [0.05, 0.1) is 6.07 Å². The molecule has 0 N–H and O–H groups in total. The van der Waals surface area contributed by atoms with Gasteiger partial charge in [0.25, 0.3) is 0 Å². The quantitative estimate of drug-likeness (QED) is 0.596. The van der Waals surface area contributed by atoms with Crippen LogP contribution in [-0.4, -0.2) is 24.5 Å². The third kappa shape index (κ3) is 4.53. The molecule has 0 aromatic heterocycles. The lowest BCUT2D eigenvalue weighted by molar-refractivity contribution is 0.214. The molecule has 2 nitrogen and oxygen atoms in total. The van der Waals surface area contributed by atoms with Crippen LogP contribution in [0.4, 0.5) is 0 Å². The number of nitrogens with zero attached hydrogens (tertiary/aromatic N) is 2. The van der Waals surface area contributed by atoms with Crippen molar-refractivity contribution < 1.29 is 0 Å². The van der Waals surface area contributed by atoms with Crippen LogP contribution >= 0.6 is 0 Å². The zero-order valence-corrected chi connectivity index (χ0v) is 11.0. The van der Waals surface area contributed by atoms with Crippen molar-refractivity contribution in [2.75, 3.05) is 19.6 Å².